The maximum absolute atomic E-state index is 13.6. The van der Waals surface area contributed by atoms with Gasteiger partial charge in [0.1, 0.15) is 36.4 Å². The molecule has 2 heterocycles. The van der Waals surface area contributed by atoms with Crippen LogP contribution < -0.4 is 16.0 Å². The summed E-state index contributed by atoms with van der Waals surface area (Å²) in [6.07, 6.45) is 1.09. The first-order valence-corrected chi connectivity index (χ1v) is 14.6. The lowest BCUT2D eigenvalue weighted by Gasteiger charge is -2.43. The number of piperidine rings is 1. The number of nitrogens with zero attached hydrogens (tertiary/aromatic N) is 1. The van der Waals surface area contributed by atoms with Crippen LogP contribution in [0.1, 0.15) is 57.6 Å². The second-order valence-corrected chi connectivity index (χ2v) is 11.9. The van der Waals surface area contributed by atoms with Crippen LogP contribution in [0.3, 0.4) is 0 Å². The molecule has 2 saturated heterocycles. The van der Waals surface area contributed by atoms with Crippen LogP contribution in [0.25, 0.3) is 0 Å². The lowest BCUT2D eigenvalue weighted by molar-refractivity contribution is -0.153. The van der Waals surface area contributed by atoms with Crippen LogP contribution in [0.4, 0.5) is 4.79 Å². The monoisotopic (exact) mass is 592 g/mol. The summed E-state index contributed by atoms with van der Waals surface area (Å²) in [4.78, 5) is 66.7. The lowest BCUT2D eigenvalue weighted by Crippen LogP contribution is -2.66. The van der Waals surface area contributed by atoms with Gasteiger partial charge in [-0.05, 0) is 57.6 Å². The molecule has 3 N–H and O–H groups in total. The van der Waals surface area contributed by atoms with Crippen LogP contribution in [0.2, 0.25) is 0 Å². The van der Waals surface area contributed by atoms with Crippen molar-refractivity contribution in [2.45, 2.75) is 82.7 Å². The standard InChI is InChI=1S/C32H40N4O7/c1-31(2,3)43-30(41)35-25(19-22-11-6-4-7-12-22)27(38)34-24-15-17-32(16-10-18-36(32)28(24)39)29(40)33-20-26(37)42-21-23-13-8-5-9-14-23/h4-9,11-14,24-25H,10,15-21H2,1-3H3,(H,33,40)(H,34,38)(H,35,41)/t24-,25-,32-/m1/s1. The Morgan fingerprint density at radius 1 is 0.977 bits per heavy atom. The smallest absolute Gasteiger partial charge is 0.408 e. The Labute approximate surface area is 251 Å². The van der Waals surface area contributed by atoms with E-state index in [0.717, 1.165) is 11.1 Å². The van der Waals surface area contributed by atoms with Gasteiger partial charge in [-0.25, -0.2) is 4.79 Å². The van der Waals surface area contributed by atoms with Crippen molar-refractivity contribution in [2.75, 3.05) is 13.1 Å². The maximum atomic E-state index is 13.6. The molecule has 3 atom stereocenters. The first-order valence-electron chi connectivity index (χ1n) is 14.6. The van der Waals surface area contributed by atoms with Gasteiger partial charge in [-0.2, -0.15) is 0 Å². The second kappa shape index (κ2) is 13.7. The van der Waals surface area contributed by atoms with Crippen molar-refractivity contribution in [2.24, 2.45) is 0 Å². The largest absolute Gasteiger partial charge is 0.460 e. The number of hydrogen-bond acceptors (Lipinski definition) is 7. The molecule has 2 aliphatic rings. The van der Waals surface area contributed by atoms with Crippen LogP contribution in [-0.4, -0.2) is 71.0 Å². The number of amides is 4. The summed E-state index contributed by atoms with van der Waals surface area (Å²) in [5, 5.41) is 8.10. The first kappa shape index (κ1) is 31.5. The quantitative estimate of drug-likeness (QED) is 0.360. The molecule has 2 aliphatic heterocycles. The van der Waals surface area contributed by atoms with E-state index in [2.05, 4.69) is 16.0 Å². The molecule has 4 rings (SSSR count). The third kappa shape index (κ3) is 8.33. The molecule has 2 aromatic rings. The highest BCUT2D eigenvalue weighted by molar-refractivity contribution is 5.98. The highest BCUT2D eigenvalue weighted by Gasteiger charge is 2.54. The van der Waals surface area contributed by atoms with Crippen LogP contribution in [0.15, 0.2) is 60.7 Å². The molecule has 0 aliphatic carbocycles. The molecule has 0 unspecified atom stereocenters. The number of rotatable bonds is 10. The number of ether oxygens (including phenoxy) is 2. The summed E-state index contributed by atoms with van der Waals surface area (Å²) in [5.41, 5.74) is -0.182. The fraction of sp³-hybridized carbons (Fsp3) is 0.469. The number of nitrogens with one attached hydrogen (secondary N) is 3. The van der Waals surface area contributed by atoms with Gasteiger partial charge in [0.05, 0.1) is 0 Å². The average Bonchev–Trinajstić information content (AvgIpc) is 3.42. The van der Waals surface area contributed by atoms with Gasteiger partial charge < -0.3 is 30.3 Å². The molecule has 0 spiro atoms. The minimum Gasteiger partial charge on any atom is -0.460 e. The van der Waals surface area contributed by atoms with Crippen molar-refractivity contribution in [1.82, 2.24) is 20.9 Å². The van der Waals surface area contributed by atoms with Gasteiger partial charge in [0.25, 0.3) is 0 Å². The average molecular weight is 593 g/mol. The Kier molecular flexibility index (Phi) is 10.1. The van der Waals surface area contributed by atoms with Crippen LogP contribution >= 0.6 is 0 Å². The van der Waals surface area contributed by atoms with Gasteiger partial charge in [0, 0.05) is 13.0 Å². The second-order valence-electron chi connectivity index (χ2n) is 11.9. The van der Waals surface area contributed by atoms with Gasteiger partial charge in [0.15, 0.2) is 0 Å². The number of benzene rings is 2. The van der Waals surface area contributed by atoms with Gasteiger partial charge in [-0.3, -0.25) is 19.2 Å². The highest BCUT2D eigenvalue weighted by atomic mass is 16.6. The van der Waals surface area contributed by atoms with E-state index in [1.165, 1.54) is 4.90 Å². The zero-order valence-electron chi connectivity index (χ0n) is 24.9. The third-order valence-electron chi connectivity index (χ3n) is 7.56. The van der Waals surface area contributed by atoms with Crippen molar-refractivity contribution < 1.29 is 33.4 Å². The van der Waals surface area contributed by atoms with Gasteiger partial charge in [0.2, 0.25) is 17.7 Å². The maximum Gasteiger partial charge on any atom is 0.408 e. The van der Waals surface area contributed by atoms with E-state index in [-0.39, 0.29) is 31.9 Å². The number of alkyl carbamates (subject to hydrolysis) is 1. The van der Waals surface area contributed by atoms with E-state index in [4.69, 9.17) is 9.47 Å². The number of carbonyl (C=O) groups is 5. The van der Waals surface area contributed by atoms with Crippen LogP contribution in [0, 0.1) is 0 Å². The molecular weight excluding hydrogens is 552 g/mol. The Morgan fingerprint density at radius 2 is 1.63 bits per heavy atom. The lowest BCUT2D eigenvalue weighted by atomic mass is 9.83. The predicted molar refractivity (Wildman–Crippen MR) is 157 cm³/mol. The molecule has 4 amide bonds. The summed E-state index contributed by atoms with van der Waals surface area (Å²) in [6, 6.07) is 16.6. The molecular formula is C32H40N4O7. The van der Waals surface area contributed by atoms with Gasteiger partial charge in [-0.15, -0.1) is 0 Å². The van der Waals surface area contributed by atoms with Crippen molar-refractivity contribution in [3.05, 3.63) is 71.8 Å². The first-order chi connectivity index (χ1) is 20.5. The Balaban J connectivity index is 1.36. The van der Waals surface area contributed by atoms with E-state index in [9.17, 15) is 24.0 Å². The van der Waals surface area contributed by atoms with Gasteiger partial charge >= 0.3 is 12.1 Å². The molecule has 11 heteroatoms. The minimum atomic E-state index is -1.09. The molecule has 2 aromatic carbocycles. The highest BCUT2D eigenvalue weighted by Crippen LogP contribution is 2.38. The van der Waals surface area contributed by atoms with E-state index >= 15 is 0 Å². The molecule has 0 bridgehead atoms. The Hall–Kier alpha value is -4.41. The Bertz CT molecular complexity index is 1310. The summed E-state index contributed by atoms with van der Waals surface area (Å²) in [6.45, 7) is 5.33. The van der Waals surface area contributed by atoms with E-state index in [0.29, 0.717) is 25.8 Å². The predicted octanol–water partition coefficient (Wildman–Crippen LogP) is 2.62. The zero-order chi connectivity index (χ0) is 31.0. The number of carbonyl (C=O) groups excluding carboxylic acids is 5. The van der Waals surface area contributed by atoms with E-state index in [1.807, 2.05) is 60.7 Å². The van der Waals surface area contributed by atoms with Crippen molar-refractivity contribution >= 4 is 29.8 Å². The Morgan fingerprint density at radius 3 is 2.28 bits per heavy atom. The van der Waals surface area contributed by atoms with Crippen molar-refractivity contribution in [3.63, 3.8) is 0 Å². The number of esters is 1. The summed E-state index contributed by atoms with van der Waals surface area (Å²) in [5.74, 6) is -1.87. The van der Waals surface area contributed by atoms with Crippen molar-refractivity contribution in [1.29, 1.82) is 0 Å². The SMILES string of the molecule is CC(C)(C)OC(=O)N[C@H](Cc1ccccc1)C(=O)N[C@@H]1CC[C@@]2(C(=O)NCC(=O)OCc3ccccc3)CCCN2C1=O. The van der Waals surface area contributed by atoms with E-state index < -0.39 is 47.1 Å². The topological polar surface area (TPSA) is 143 Å². The van der Waals surface area contributed by atoms with Gasteiger partial charge in [-0.1, -0.05) is 60.7 Å². The molecule has 0 aromatic heterocycles. The zero-order valence-corrected chi connectivity index (χ0v) is 24.9. The minimum absolute atomic E-state index is 0.0979. The third-order valence-corrected chi connectivity index (χ3v) is 7.56. The van der Waals surface area contributed by atoms with Crippen LogP contribution in [0.5, 0.6) is 0 Å². The molecule has 43 heavy (non-hydrogen) atoms. The molecule has 0 saturated carbocycles. The van der Waals surface area contributed by atoms with E-state index in [1.54, 1.807) is 20.8 Å². The normalized spacial score (nSPS) is 20.4. The molecule has 230 valence electrons. The number of fused-ring (bicyclic) bond motifs is 1. The molecule has 0 radical (unpaired) electrons. The fourth-order valence-electron chi connectivity index (χ4n) is 5.53. The summed E-state index contributed by atoms with van der Waals surface area (Å²) in [7, 11) is 0. The summed E-state index contributed by atoms with van der Waals surface area (Å²) >= 11 is 0. The molecule has 11 nitrogen and oxygen atoms in total. The molecule has 2 fully saturated rings. The van der Waals surface area contributed by atoms with Crippen LogP contribution in [-0.2, 0) is 41.7 Å². The fourth-order valence-corrected chi connectivity index (χ4v) is 5.53. The summed E-state index contributed by atoms with van der Waals surface area (Å²) < 4.78 is 10.6. The number of hydrogen-bond donors (Lipinski definition) is 3. The van der Waals surface area contributed by atoms with Crippen molar-refractivity contribution in [3.8, 4) is 0 Å².